The van der Waals surface area contributed by atoms with Gasteiger partial charge in [0.25, 0.3) is 0 Å². The van der Waals surface area contributed by atoms with Crippen molar-refractivity contribution in [1.29, 1.82) is 0 Å². The fourth-order valence-electron chi connectivity index (χ4n) is 1.84. The third kappa shape index (κ3) is 2.32. The molecule has 1 saturated carbocycles. The number of aliphatic hydroxyl groups is 1. The van der Waals surface area contributed by atoms with E-state index in [0.29, 0.717) is 11.7 Å². The largest absolute Gasteiger partial charge is 0.463 e. The van der Waals surface area contributed by atoms with Crippen LogP contribution < -0.4 is 0 Å². The van der Waals surface area contributed by atoms with Gasteiger partial charge in [-0.15, -0.1) is 0 Å². The summed E-state index contributed by atoms with van der Waals surface area (Å²) in [7, 11) is 0. The van der Waals surface area contributed by atoms with Gasteiger partial charge in [-0.05, 0) is 44.4 Å². The highest BCUT2D eigenvalue weighted by atomic mass is 16.4. The minimum Gasteiger partial charge on any atom is -0.463 e. The van der Waals surface area contributed by atoms with Gasteiger partial charge in [-0.2, -0.15) is 0 Å². The molecular weight excluding hydrogens is 188 g/mol. The van der Waals surface area contributed by atoms with Crippen LogP contribution >= 0.6 is 0 Å². The van der Waals surface area contributed by atoms with E-state index in [4.69, 9.17) is 4.42 Å². The molecule has 0 amide bonds. The van der Waals surface area contributed by atoms with E-state index in [9.17, 15) is 5.11 Å². The molecule has 0 aromatic carbocycles. The summed E-state index contributed by atoms with van der Waals surface area (Å²) in [5, 5.41) is 9.80. The fraction of sp³-hybridized carbons (Fsp3) is 0.538. The van der Waals surface area contributed by atoms with E-state index in [0.717, 1.165) is 17.3 Å². The van der Waals surface area contributed by atoms with Gasteiger partial charge in [0.2, 0.25) is 0 Å². The fourth-order valence-corrected chi connectivity index (χ4v) is 1.84. The molecule has 3 unspecified atom stereocenters. The van der Waals surface area contributed by atoms with Crippen LogP contribution in [0.5, 0.6) is 0 Å². The summed E-state index contributed by atoms with van der Waals surface area (Å²) >= 11 is 0. The van der Waals surface area contributed by atoms with Crippen LogP contribution in [0.2, 0.25) is 0 Å². The van der Waals surface area contributed by atoms with Crippen LogP contribution in [0.3, 0.4) is 0 Å². The maximum Gasteiger partial charge on any atom is 0.136 e. The van der Waals surface area contributed by atoms with Gasteiger partial charge >= 0.3 is 0 Å². The van der Waals surface area contributed by atoms with Crippen LogP contribution in [0.4, 0.5) is 0 Å². The number of furan rings is 1. The first-order chi connectivity index (χ1) is 7.08. The molecule has 82 valence electrons. The minimum absolute atomic E-state index is 0.581. The van der Waals surface area contributed by atoms with Gasteiger partial charge in [0.1, 0.15) is 17.6 Å². The van der Waals surface area contributed by atoms with Gasteiger partial charge in [0, 0.05) is 5.92 Å². The summed E-state index contributed by atoms with van der Waals surface area (Å²) in [5.74, 6) is 3.01. The van der Waals surface area contributed by atoms with Crippen molar-refractivity contribution < 1.29 is 9.52 Å². The van der Waals surface area contributed by atoms with Crippen LogP contribution in [0, 0.1) is 5.92 Å². The van der Waals surface area contributed by atoms with Crippen molar-refractivity contribution in [2.75, 3.05) is 0 Å². The Bertz CT molecular complexity index is 372. The summed E-state index contributed by atoms with van der Waals surface area (Å²) in [6.07, 6.45) is 2.42. The second kappa shape index (κ2) is 3.86. The topological polar surface area (TPSA) is 33.4 Å². The minimum atomic E-state index is -0.599. The first-order valence-electron chi connectivity index (χ1n) is 5.50. The van der Waals surface area contributed by atoms with E-state index >= 15 is 0 Å². The summed E-state index contributed by atoms with van der Waals surface area (Å²) in [5.41, 5.74) is 1.10. The molecule has 1 heterocycles. The Labute approximate surface area is 90.6 Å². The van der Waals surface area contributed by atoms with Crippen LogP contribution in [-0.4, -0.2) is 5.11 Å². The van der Waals surface area contributed by atoms with Crippen LogP contribution in [0.25, 0.3) is 0 Å². The number of hydrogen-bond donors (Lipinski definition) is 1. The Balaban J connectivity index is 2.10. The third-order valence-corrected chi connectivity index (χ3v) is 2.91. The summed E-state index contributed by atoms with van der Waals surface area (Å²) in [6.45, 7) is 6.16. The van der Waals surface area contributed by atoms with Crippen molar-refractivity contribution >= 4 is 0 Å². The van der Waals surface area contributed by atoms with E-state index in [-0.39, 0.29) is 0 Å². The first kappa shape index (κ1) is 10.5. The molecule has 1 aromatic rings. The van der Waals surface area contributed by atoms with E-state index in [1.807, 2.05) is 26.0 Å². The lowest BCUT2D eigenvalue weighted by Gasteiger charge is -2.02. The van der Waals surface area contributed by atoms with Crippen molar-refractivity contribution in [3.8, 4) is 0 Å². The predicted octanol–water partition coefficient (Wildman–Crippen LogP) is 3.40. The summed E-state index contributed by atoms with van der Waals surface area (Å²) in [6, 6.07) is 3.87. The number of allylic oxidation sites excluding steroid dienone is 1. The highest BCUT2D eigenvalue weighted by Crippen LogP contribution is 2.47. The van der Waals surface area contributed by atoms with Crippen LogP contribution in [0.15, 0.2) is 28.2 Å². The quantitative estimate of drug-likeness (QED) is 0.769. The van der Waals surface area contributed by atoms with Gasteiger partial charge in [0.05, 0.1) is 0 Å². The van der Waals surface area contributed by atoms with E-state index in [1.165, 1.54) is 6.42 Å². The summed E-state index contributed by atoms with van der Waals surface area (Å²) < 4.78 is 5.65. The molecule has 2 rings (SSSR count). The van der Waals surface area contributed by atoms with Gasteiger partial charge in [0.15, 0.2) is 0 Å². The standard InChI is InChI=1S/C13H18O2/c1-8(2)6-11(14)13-5-4-12(15-13)10-7-9(10)3/h4-6,9-11,14H,7H2,1-3H3. The molecule has 0 radical (unpaired) electrons. The number of aliphatic hydroxyl groups excluding tert-OH is 1. The molecule has 1 aromatic heterocycles. The van der Waals surface area contributed by atoms with E-state index in [2.05, 4.69) is 6.92 Å². The molecule has 1 aliphatic carbocycles. The lowest BCUT2D eigenvalue weighted by molar-refractivity contribution is 0.193. The van der Waals surface area contributed by atoms with Crippen molar-refractivity contribution in [3.63, 3.8) is 0 Å². The lowest BCUT2D eigenvalue weighted by Crippen LogP contribution is -1.90. The van der Waals surface area contributed by atoms with E-state index < -0.39 is 6.10 Å². The molecular formula is C13H18O2. The Morgan fingerprint density at radius 1 is 1.53 bits per heavy atom. The summed E-state index contributed by atoms with van der Waals surface area (Å²) in [4.78, 5) is 0. The van der Waals surface area contributed by atoms with Crippen molar-refractivity contribution in [1.82, 2.24) is 0 Å². The van der Waals surface area contributed by atoms with Crippen LogP contribution in [0.1, 0.15) is 50.7 Å². The smallest absolute Gasteiger partial charge is 0.136 e. The highest BCUT2D eigenvalue weighted by Gasteiger charge is 2.36. The van der Waals surface area contributed by atoms with Gasteiger partial charge < -0.3 is 9.52 Å². The van der Waals surface area contributed by atoms with Crippen molar-refractivity contribution in [2.24, 2.45) is 5.92 Å². The van der Waals surface area contributed by atoms with Gasteiger partial charge in [-0.1, -0.05) is 12.5 Å². The zero-order valence-corrected chi connectivity index (χ0v) is 9.53. The number of rotatable bonds is 3. The van der Waals surface area contributed by atoms with Crippen molar-refractivity contribution in [3.05, 3.63) is 35.3 Å². The molecule has 0 spiro atoms. The lowest BCUT2D eigenvalue weighted by atomic mass is 10.2. The van der Waals surface area contributed by atoms with Gasteiger partial charge in [-0.3, -0.25) is 0 Å². The average Bonchev–Trinajstić information content (AvgIpc) is 2.70. The molecule has 3 atom stereocenters. The second-order valence-electron chi connectivity index (χ2n) is 4.75. The zero-order chi connectivity index (χ0) is 11.0. The monoisotopic (exact) mass is 206 g/mol. The molecule has 0 bridgehead atoms. The Morgan fingerprint density at radius 3 is 2.73 bits per heavy atom. The Kier molecular flexibility index (Phi) is 2.70. The molecule has 1 fully saturated rings. The zero-order valence-electron chi connectivity index (χ0n) is 9.53. The van der Waals surface area contributed by atoms with Gasteiger partial charge in [-0.25, -0.2) is 0 Å². The molecule has 15 heavy (non-hydrogen) atoms. The van der Waals surface area contributed by atoms with Crippen molar-refractivity contribution in [2.45, 2.75) is 39.2 Å². The Morgan fingerprint density at radius 2 is 2.20 bits per heavy atom. The predicted molar refractivity (Wildman–Crippen MR) is 59.6 cm³/mol. The SMILES string of the molecule is CC(C)=CC(O)c1ccc(C2CC2C)o1. The first-order valence-corrected chi connectivity index (χ1v) is 5.50. The molecule has 1 aliphatic rings. The third-order valence-electron chi connectivity index (χ3n) is 2.91. The number of hydrogen-bond acceptors (Lipinski definition) is 2. The Hall–Kier alpha value is -1.02. The maximum atomic E-state index is 9.80. The molecule has 0 saturated heterocycles. The highest BCUT2D eigenvalue weighted by molar-refractivity contribution is 5.20. The second-order valence-corrected chi connectivity index (χ2v) is 4.75. The average molecular weight is 206 g/mol. The van der Waals surface area contributed by atoms with Crippen LogP contribution in [-0.2, 0) is 0 Å². The molecule has 2 heteroatoms. The molecule has 1 N–H and O–H groups in total. The normalized spacial score (nSPS) is 26.1. The van der Waals surface area contributed by atoms with E-state index in [1.54, 1.807) is 6.08 Å². The molecule has 2 nitrogen and oxygen atoms in total. The maximum absolute atomic E-state index is 9.80. The molecule has 0 aliphatic heterocycles.